The summed E-state index contributed by atoms with van der Waals surface area (Å²) in [5.41, 5.74) is 2.80. The van der Waals surface area contributed by atoms with Crippen LogP contribution in [0.3, 0.4) is 0 Å². The second kappa shape index (κ2) is 10.2. The summed E-state index contributed by atoms with van der Waals surface area (Å²) in [6.45, 7) is 8.97. The Bertz CT molecular complexity index is 1340. The van der Waals surface area contributed by atoms with Crippen LogP contribution in [0.25, 0.3) is 5.65 Å². The number of aromatic nitrogens is 5. The summed E-state index contributed by atoms with van der Waals surface area (Å²) in [4.78, 5) is 46.8. The van der Waals surface area contributed by atoms with Crippen molar-refractivity contribution < 1.29 is 19.1 Å². The molecule has 5 heterocycles. The van der Waals surface area contributed by atoms with Crippen LogP contribution in [0.1, 0.15) is 82.8 Å². The number of likely N-dealkylation sites (tertiary alicyclic amines) is 2. The lowest BCUT2D eigenvalue weighted by atomic mass is 9.97. The van der Waals surface area contributed by atoms with Crippen molar-refractivity contribution >= 4 is 34.8 Å². The van der Waals surface area contributed by atoms with Crippen LogP contribution in [0.4, 0.5) is 0 Å². The number of carbonyl (C=O) groups is 3. The first-order valence-electron chi connectivity index (χ1n) is 12.7. The minimum Gasteiger partial charge on any atom is -0.461 e. The standard InChI is InChI=1S/C25H31N7O4S/c1-14(2)36-25(35)19-6-5-9-31(19)23(33)18-13-37-22(26-18)17-7-10-30(11-8-17)24(34)21-16(4)32-20(27-28-21)12-15(3)29-32/h12-14,17,19H,5-11H2,1-4H3. The SMILES string of the molecule is Cc1cc2nnc(C(=O)N3CCC(c4nc(C(=O)N5CCCC5C(=O)OC(C)C)cs4)CC3)c(C)n2n1. The average molecular weight is 526 g/mol. The fourth-order valence-electron chi connectivity index (χ4n) is 5.04. The van der Waals surface area contributed by atoms with Crippen molar-refractivity contribution in [2.24, 2.45) is 0 Å². The van der Waals surface area contributed by atoms with Crippen molar-refractivity contribution in [1.82, 2.24) is 34.6 Å². The molecule has 1 atom stereocenters. The lowest BCUT2D eigenvalue weighted by molar-refractivity contribution is -0.152. The molecule has 5 rings (SSSR count). The maximum atomic E-state index is 13.2. The Hall–Kier alpha value is -3.41. The maximum Gasteiger partial charge on any atom is 0.329 e. The molecule has 12 heteroatoms. The van der Waals surface area contributed by atoms with Crippen LogP contribution in [-0.4, -0.2) is 84.2 Å². The molecule has 3 aromatic rings. The molecule has 2 fully saturated rings. The Labute approximate surface area is 218 Å². The maximum absolute atomic E-state index is 13.2. The van der Waals surface area contributed by atoms with E-state index in [9.17, 15) is 14.4 Å². The number of ether oxygens (including phenoxy) is 1. The molecule has 0 saturated carbocycles. The van der Waals surface area contributed by atoms with Crippen LogP contribution in [0.15, 0.2) is 11.4 Å². The van der Waals surface area contributed by atoms with E-state index in [-0.39, 0.29) is 29.8 Å². The molecule has 196 valence electrons. The lowest BCUT2D eigenvalue weighted by Crippen LogP contribution is -2.42. The van der Waals surface area contributed by atoms with Gasteiger partial charge < -0.3 is 14.5 Å². The van der Waals surface area contributed by atoms with E-state index in [0.717, 1.165) is 30.0 Å². The highest BCUT2D eigenvalue weighted by atomic mass is 32.1. The summed E-state index contributed by atoms with van der Waals surface area (Å²) >= 11 is 1.46. The summed E-state index contributed by atoms with van der Waals surface area (Å²) in [5.74, 6) is -0.562. The van der Waals surface area contributed by atoms with Crippen molar-refractivity contribution in [2.75, 3.05) is 19.6 Å². The van der Waals surface area contributed by atoms with Crippen LogP contribution in [0, 0.1) is 13.8 Å². The van der Waals surface area contributed by atoms with Gasteiger partial charge in [0.1, 0.15) is 11.7 Å². The van der Waals surface area contributed by atoms with Gasteiger partial charge in [0.25, 0.3) is 11.8 Å². The Morgan fingerprint density at radius 2 is 1.81 bits per heavy atom. The highest BCUT2D eigenvalue weighted by Gasteiger charge is 2.37. The minimum atomic E-state index is -0.550. The van der Waals surface area contributed by atoms with E-state index in [0.29, 0.717) is 48.8 Å². The largest absolute Gasteiger partial charge is 0.461 e. The first-order chi connectivity index (χ1) is 17.7. The summed E-state index contributed by atoms with van der Waals surface area (Å²) in [6, 6.07) is 1.28. The van der Waals surface area contributed by atoms with Gasteiger partial charge >= 0.3 is 5.97 Å². The van der Waals surface area contributed by atoms with Crippen LogP contribution in [-0.2, 0) is 9.53 Å². The fourth-order valence-corrected chi connectivity index (χ4v) is 6.01. The van der Waals surface area contributed by atoms with Crippen LogP contribution >= 0.6 is 11.3 Å². The molecule has 11 nitrogen and oxygen atoms in total. The molecule has 0 N–H and O–H groups in total. The topological polar surface area (TPSA) is 123 Å². The molecule has 0 aromatic carbocycles. The van der Waals surface area contributed by atoms with Crippen LogP contribution < -0.4 is 0 Å². The molecule has 2 amide bonds. The van der Waals surface area contributed by atoms with Gasteiger partial charge in [-0.3, -0.25) is 9.59 Å². The molecule has 0 radical (unpaired) electrons. The number of nitrogens with zero attached hydrogens (tertiary/aromatic N) is 7. The molecular weight excluding hydrogens is 494 g/mol. The number of fused-ring (bicyclic) bond motifs is 1. The van der Waals surface area contributed by atoms with E-state index < -0.39 is 6.04 Å². The van der Waals surface area contributed by atoms with Gasteiger partial charge in [0.2, 0.25) is 0 Å². The van der Waals surface area contributed by atoms with Gasteiger partial charge in [-0.1, -0.05) is 0 Å². The number of carbonyl (C=O) groups excluding carboxylic acids is 3. The van der Waals surface area contributed by atoms with Crippen molar-refractivity contribution in [2.45, 2.75) is 71.4 Å². The normalized spacial score (nSPS) is 18.7. The van der Waals surface area contributed by atoms with E-state index >= 15 is 0 Å². The first-order valence-corrected chi connectivity index (χ1v) is 13.6. The zero-order valence-electron chi connectivity index (χ0n) is 21.5. The Morgan fingerprint density at radius 1 is 1.05 bits per heavy atom. The Morgan fingerprint density at radius 3 is 2.54 bits per heavy atom. The van der Waals surface area contributed by atoms with E-state index in [1.807, 2.05) is 19.9 Å². The van der Waals surface area contributed by atoms with Crippen molar-refractivity contribution in [3.8, 4) is 0 Å². The molecule has 0 spiro atoms. The summed E-state index contributed by atoms with van der Waals surface area (Å²) in [7, 11) is 0. The molecule has 37 heavy (non-hydrogen) atoms. The molecule has 0 aliphatic carbocycles. The Kier molecular flexibility index (Phi) is 6.93. The van der Waals surface area contributed by atoms with E-state index in [4.69, 9.17) is 4.74 Å². The average Bonchev–Trinajstić information content (AvgIpc) is 3.62. The predicted molar refractivity (Wildman–Crippen MR) is 136 cm³/mol. The van der Waals surface area contributed by atoms with Crippen LogP contribution in [0.2, 0.25) is 0 Å². The minimum absolute atomic E-state index is 0.151. The lowest BCUT2D eigenvalue weighted by Gasteiger charge is -2.31. The molecule has 1 unspecified atom stereocenters. The van der Waals surface area contributed by atoms with Gasteiger partial charge in [0, 0.05) is 37.0 Å². The number of aryl methyl sites for hydroxylation is 2. The number of hydrogen-bond acceptors (Lipinski definition) is 9. The number of rotatable bonds is 5. The second-order valence-corrected chi connectivity index (χ2v) is 10.9. The summed E-state index contributed by atoms with van der Waals surface area (Å²) in [6.07, 6.45) is 2.65. The Balaban J connectivity index is 1.22. The van der Waals surface area contributed by atoms with Gasteiger partial charge in [-0.05, 0) is 53.4 Å². The third kappa shape index (κ3) is 4.94. The zero-order valence-corrected chi connectivity index (χ0v) is 22.3. The van der Waals surface area contributed by atoms with Gasteiger partial charge in [-0.15, -0.1) is 21.5 Å². The van der Waals surface area contributed by atoms with Gasteiger partial charge in [0.05, 0.1) is 22.5 Å². The highest BCUT2D eigenvalue weighted by molar-refractivity contribution is 7.09. The number of piperidine rings is 1. The predicted octanol–water partition coefficient (Wildman–Crippen LogP) is 2.77. The van der Waals surface area contributed by atoms with Crippen LogP contribution in [0.5, 0.6) is 0 Å². The number of amides is 2. The van der Waals surface area contributed by atoms with Crippen molar-refractivity contribution in [1.29, 1.82) is 0 Å². The number of hydrogen-bond donors (Lipinski definition) is 0. The third-order valence-electron chi connectivity index (χ3n) is 6.94. The molecule has 2 aliphatic heterocycles. The number of thiazole rings is 1. The van der Waals surface area contributed by atoms with E-state index in [2.05, 4.69) is 20.3 Å². The first kappa shape index (κ1) is 25.2. The second-order valence-electron chi connectivity index (χ2n) is 9.97. The van der Waals surface area contributed by atoms with Gasteiger partial charge in [-0.2, -0.15) is 5.10 Å². The smallest absolute Gasteiger partial charge is 0.329 e. The van der Waals surface area contributed by atoms with Crippen molar-refractivity contribution in [3.63, 3.8) is 0 Å². The monoisotopic (exact) mass is 525 g/mol. The van der Waals surface area contributed by atoms with Gasteiger partial charge in [0.15, 0.2) is 11.3 Å². The highest BCUT2D eigenvalue weighted by Crippen LogP contribution is 2.32. The molecule has 2 aliphatic rings. The fraction of sp³-hybridized carbons (Fsp3) is 0.560. The quantitative estimate of drug-likeness (QED) is 0.466. The third-order valence-corrected chi connectivity index (χ3v) is 7.95. The summed E-state index contributed by atoms with van der Waals surface area (Å²) in [5, 5.41) is 15.4. The summed E-state index contributed by atoms with van der Waals surface area (Å²) < 4.78 is 7.00. The molecule has 2 saturated heterocycles. The zero-order chi connectivity index (χ0) is 26.3. The number of esters is 1. The van der Waals surface area contributed by atoms with Gasteiger partial charge in [-0.25, -0.2) is 14.3 Å². The molecular formula is C25H31N7O4S. The molecule has 3 aromatic heterocycles. The van der Waals surface area contributed by atoms with E-state index in [1.165, 1.54) is 11.3 Å². The molecule has 0 bridgehead atoms. The van der Waals surface area contributed by atoms with Crippen molar-refractivity contribution in [3.05, 3.63) is 39.2 Å². The van der Waals surface area contributed by atoms with E-state index in [1.54, 1.807) is 33.5 Å².